The molecule has 5 heteroatoms. The average Bonchev–Trinajstić information content (AvgIpc) is 3.23. The SMILES string of the molecule is CCCCOC(=O)[C@@H]1[C@H]2C(=O)N(c3cccc(C)c3)C[C@@]23C=C[C@H]1O3. The number of fused-ring (bicyclic) bond motifs is 1. The first kappa shape index (κ1) is 16.3. The van der Waals surface area contributed by atoms with E-state index in [1.54, 1.807) is 4.90 Å². The van der Waals surface area contributed by atoms with E-state index >= 15 is 0 Å². The molecule has 4 rings (SSSR count). The Morgan fingerprint density at radius 1 is 1.44 bits per heavy atom. The normalized spacial score (nSPS) is 32.3. The molecule has 0 radical (unpaired) electrons. The van der Waals surface area contributed by atoms with Gasteiger partial charge in [-0.25, -0.2) is 0 Å². The van der Waals surface area contributed by atoms with E-state index in [0.29, 0.717) is 13.2 Å². The maximum Gasteiger partial charge on any atom is 0.312 e. The number of rotatable bonds is 5. The lowest BCUT2D eigenvalue weighted by Crippen LogP contribution is -2.40. The minimum absolute atomic E-state index is 0.0464. The van der Waals surface area contributed by atoms with E-state index in [9.17, 15) is 9.59 Å². The molecular formula is C20H23NO4. The van der Waals surface area contributed by atoms with Crippen molar-refractivity contribution in [3.05, 3.63) is 42.0 Å². The maximum absolute atomic E-state index is 13.1. The van der Waals surface area contributed by atoms with Crippen LogP contribution in [0.3, 0.4) is 0 Å². The zero-order valence-electron chi connectivity index (χ0n) is 14.6. The van der Waals surface area contributed by atoms with Gasteiger partial charge in [0.2, 0.25) is 5.91 Å². The van der Waals surface area contributed by atoms with Gasteiger partial charge in [0.15, 0.2) is 0 Å². The number of carbonyl (C=O) groups excluding carboxylic acids is 2. The van der Waals surface area contributed by atoms with Crippen LogP contribution in [-0.4, -0.2) is 36.7 Å². The molecule has 0 N–H and O–H groups in total. The molecule has 3 heterocycles. The summed E-state index contributed by atoms with van der Waals surface area (Å²) in [5, 5.41) is 0. The van der Waals surface area contributed by atoms with Gasteiger partial charge in [0.1, 0.15) is 11.5 Å². The predicted molar refractivity (Wildman–Crippen MR) is 93.1 cm³/mol. The number of hydrogen-bond donors (Lipinski definition) is 0. The number of aryl methyl sites for hydroxylation is 1. The first-order valence-electron chi connectivity index (χ1n) is 8.97. The van der Waals surface area contributed by atoms with E-state index in [1.807, 2.05) is 50.3 Å². The summed E-state index contributed by atoms with van der Waals surface area (Å²) < 4.78 is 11.5. The van der Waals surface area contributed by atoms with Crippen LogP contribution in [0, 0.1) is 18.8 Å². The van der Waals surface area contributed by atoms with Crippen molar-refractivity contribution >= 4 is 17.6 Å². The van der Waals surface area contributed by atoms with E-state index in [-0.39, 0.29) is 18.0 Å². The molecule has 3 aliphatic rings. The first-order valence-corrected chi connectivity index (χ1v) is 8.97. The van der Waals surface area contributed by atoms with E-state index in [4.69, 9.17) is 9.47 Å². The van der Waals surface area contributed by atoms with Crippen LogP contribution in [0.4, 0.5) is 5.69 Å². The molecule has 0 aliphatic carbocycles. The highest BCUT2D eigenvalue weighted by molar-refractivity contribution is 6.02. The van der Waals surface area contributed by atoms with E-state index in [0.717, 1.165) is 24.1 Å². The van der Waals surface area contributed by atoms with Crippen LogP contribution in [0.2, 0.25) is 0 Å². The molecule has 2 fully saturated rings. The third-order valence-electron chi connectivity index (χ3n) is 5.43. The van der Waals surface area contributed by atoms with Gasteiger partial charge in [-0.2, -0.15) is 0 Å². The van der Waals surface area contributed by atoms with Crippen LogP contribution >= 0.6 is 0 Å². The van der Waals surface area contributed by atoms with E-state index in [1.165, 1.54) is 0 Å². The van der Waals surface area contributed by atoms with Crippen molar-refractivity contribution in [2.45, 2.75) is 38.4 Å². The molecule has 2 saturated heterocycles. The Bertz CT molecular complexity index is 743. The van der Waals surface area contributed by atoms with Crippen molar-refractivity contribution in [1.82, 2.24) is 0 Å². The molecule has 1 aromatic carbocycles. The number of nitrogens with zero attached hydrogens (tertiary/aromatic N) is 1. The Labute approximate surface area is 147 Å². The highest BCUT2D eigenvalue weighted by atomic mass is 16.6. The molecule has 5 nitrogen and oxygen atoms in total. The van der Waals surface area contributed by atoms with Gasteiger partial charge in [0.25, 0.3) is 0 Å². The van der Waals surface area contributed by atoms with Crippen LogP contribution in [0.1, 0.15) is 25.3 Å². The van der Waals surface area contributed by atoms with Crippen molar-refractivity contribution in [2.75, 3.05) is 18.1 Å². The Morgan fingerprint density at radius 3 is 3.04 bits per heavy atom. The van der Waals surface area contributed by atoms with Gasteiger partial charge in [-0.3, -0.25) is 9.59 Å². The lowest BCUT2D eigenvalue weighted by Gasteiger charge is -2.22. The summed E-state index contributed by atoms with van der Waals surface area (Å²) in [4.78, 5) is 27.5. The maximum atomic E-state index is 13.1. The Hall–Kier alpha value is -2.14. The second kappa shape index (κ2) is 5.99. The summed E-state index contributed by atoms with van der Waals surface area (Å²) in [7, 11) is 0. The van der Waals surface area contributed by atoms with Crippen LogP contribution < -0.4 is 4.90 Å². The van der Waals surface area contributed by atoms with Crippen molar-refractivity contribution in [2.24, 2.45) is 11.8 Å². The van der Waals surface area contributed by atoms with Gasteiger partial charge >= 0.3 is 5.97 Å². The van der Waals surface area contributed by atoms with Crippen LogP contribution in [0.15, 0.2) is 36.4 Å². The number of benzene rings is 1. The van der Waals surface area contributed by atoms with Gasteiger partial charge in [0, 0.05) is 5.69 Å². The highest BCUT2D eigenvalue weighted by Crippen LogP contribution is 2.52. The number of ether oxygens (including phenoxy) is 2. The van der Waals surface area contributed by atoms with Crippen LogP contribution in [0.25, 0.3) is 0 Å². The molecule has 3 aliphatic heterocycles. The molecule has 4 atom stereocenters. The number of unbranched alkanes of at least 4 members (excludes halogenated alkanes) is 1. The minimum atomic E-state index is -0.695. The third-order valence-corrected chi connectivity index (χ3v) is 5.43. The van der Waals surface area contributed by atoms with Crippen LogP contribution in [0.5, 0.6) is 0 Å². The molecule has 0 saturated carbocycles. The highest BCUT2D eigenvalue weighted by Gasteiger charge is 2.67. The van der Waals surface area contributed by atoms with Gasteiger partial charge in [-0.05, 0) is 31.0 Å². The molecule has 1 spiro atoms. The summed E-state index contributed by atoms with van der Waals surface area (Å²) >= 11 is 0. The molecular weight excluding hydrogens is 318 g/mol. The fourth-order valence-corrected chi connectivity index (χ4v) is 4.20. The second-order valence-corrected chi connectivity index (χ2v) is 7.18. The quantitative estimate of drug-likeness (QED) is 0.469. The van der Waals surface area contributed by atoms with Crippen LogP contribution in [-0.2, 0) is 19.1 Å². The number of carbonyl (C=O) groups is 2. The zero-order valence-corrected chi connectivity index (χ0v) is 14.6. The molecule has 2 bridgehead atoms. The molecule has 25 heavy (non-hydrogen) atoms. The lowest BCUT2D eigenvalue weighted by molar-refractivity contribution is -0.152. The van der Waals surface area contributed by atoms with Gasteiger partial charge in [-0.15, -0.1) is 0 Å². The Balaban J connectivity index is 1.60. The molecule has 1 amide bonds. The second-order valence-electron chi connectivity index (χ2n) is 7.18. The summed E-state index contributed by atoms with van der Waals surface area (Å²) in [6.07, 6.45) is 5.33. The number of amides is 1. The van der Waals surface area contributed by atoms with E-state index < -0.39 is 17.4 Å². The van der Waals surface area contributed by atoms with Crippen molar-refractivity contribution in [3.8, 4) is 0 Å². The molecule has 132 valence electrons. The third kappa shape index (κ3) is 2.49. The Kier molecular flexibility index (Phi) is 3.91. The topological polar surface area (TPSA) is 55.8 Å². The number of hydrogen-bond acceptors (Lipinski definition) is 4. The predicted octanol–water partition coefficient (Wildman–Crippen LogP) is 2.62. The summed E-state index contributed by atoms with van der Waals surface area (Å²) in [6, 6.07) is 7.85. The van der Waals surface area contributed by atoms with Gasteiger partial charge in [-0.1, -0.05) is 37.6 Å². The zero-order chi connectivity index (χ0) is 17.6. The minimum Gasteiger partial charge on any atom is -0.465 e. The van der Waals surface area contributed by atoms with Crippen molar-refractivity contribution in [3.63, 3.8) is 0 Å². The average molecular weight is 341 g/mol. The lowest BCUT2D eigenvalue weighted by atomic mass is 9.77. The van der Waals surface area contributed by atoms with Gasteiger partial charge < -0.3 is 14.4 Å². The van der Waals surface area contributed by atoms with Crippen molar-refractivity contribution in [1.29, 1.82) is 0 Å². The summed E-state index contributed by atoms with van der Waals surface area (Å²) in [5.41, 5.74) is 1.25. The standard InChI is InChI=1S/C20H23NO4/c1-3-4-10-24-19(23)16-15-8-9-20(25-15)12-21(18(22)17(16)20)14-7-5-6-13(2)11-14/h5-9,11,15-17H,3-4,10,12H2,1-2H3/t15-,16+,17+,20+/m1/s1. The monoisotopic (exact) mass is 341 g/mol. The van der Waals surface area contributed by atoms with E-state index in [2.05, 4.69) is 0 Å². The largest absolute Gasteiger partial charge is 0.465 e. The molecule has 0 aromatic heterocycles. The fraction of sp³-hybridized carbons (Fsp3) is 0.500. The smallest absolute Gasteiger partial charge is 0.312 e. The fourth-order valence-electron chi connectivity index (χ4n) is 4.20. The molecule has 1 aromatic rings. The molecule has 0 unspecified atom stereocenters. The van der Waals surface area contributed by atoms with Gasteiger partial charge in [0.05, 0.1) is 25.2 Å². The summed E-state index contributed by atoms with van der Waals surface area (Å²) in [6.45, 7) is 4.90. The van der Waals surface area contributed by atoms with Crippen molar-refractivity contribution < 1.29 is 19.1 Å². The Morgan fingerprint density at radius 2 is 2.28 bits per heavy atom. The summed E-state index contributed by atoms with van der Waals surface area (Å²) in [5.74, 6) is -1.38. The number of esters is 1. The first-order chi connectivity index (χ1) is 12.1. The number of anilines is 1.